The van der Waals surface area contributed by atoms with E-state index in [4.69, 9.17) is 4.74 Å². The van der Waals surface area contributed by atoms with Gasteiger partial charge in [0, 0.05) is 6.08 Å². The Morgan fingerprint density at radius 1 is 1.33 bits per heavy atom. The Hall–Kier alpha value is -1.57. The van der Waals surface area contributed by atoms with Gasteiger partial charge in [-0.15, -0.1) is 0 Å². The molecule has 0 aliphatic carbocycles. The quantitative estimate of drug-likeness (QED) is 0.564. The molecule has 2 nitrogen and oxygen atoms in total. The molecule has 0 saturated heterocycles. The summed E-state index contributed by atoms with van der Waals surface area (Å²) in [5, 5.41) is 0. The summed E-state index contributed by atoms with van der Waals surface area (Å²) in [6, 6.07) is 10.4. The maximum atomic E-state index is 11.3. The molecule has 0 saturated carbocycles. The molecule has 18 heavy (non-hydrogen) atoms. The van der Waals surface area contributed by atoms with Crippen LogP contribution < -0.4 is 0 Å². The molecule has 1 rings (SSSR count). The molecule has 0 amide bonds. The van der Waals surface area contributed by atoms with Gasteiger partial charge >= 0.3 is 5.97 Å². The smallest absolute Gasteiger partial charge is 0.330 e. The summed E-state index contributed by atoms with van der Waals surface area (Å²) in [6.45, 7) is 6.44. The predicted molar refractivity (Wildman–Crippen MR) is 74.3 cm³/mol. The van der Waals surface area contributed by atoms with Gasteiger partial charge in [0.05, 0.1) is 6.61 Å². The lowest BCUT2D eigenvalue weighted by atomic mass is 9.94. The SMILES string of the molecule is CCOC(=O)/C=C(/C)CC(C)Cc1ccccc1. The van der Waals surface area contributed by atoms with Crippen molar-refractivity contribution in [1.82, 2.24) is 0 Å². The van der Waals surface area contributed by atoms with Gasteiger partial charge in [-0.3, -0.25) is 0 Å². The molecule has 0 aromatic heterocycles. The third kappa shape index (κ3) is 5.67. The second kappa shape index (κ2) is 7.70. The Kier molecular flexibility index (Phi) is 6.20. The van der Waals surface area contributed by atoms with Crippen molar-refractivity contribution >= 4 is 5.97 Å². The number of benzene rings is 1. The minimum Gasteiger partial charge on any atom is -0.463 e. The van der Waals surface area contributed by atoms with Crippen molar-refractivity contribution < 1.29 is 9.53 Å². The summed E-state index contributed by atoms with van der Waals surface area (Å²) >= 11 is 0. The fraction of sp³-hybridized carbons (Fsp3) is 0.438. The van der Waals surface area contributed by atoms with Crippen molar-refractivity contribution in [3.63, 3.8) is 0 Å². The Labute approximate surface area is 110 Å². The molecule has 1 unspecified atom stereocenters. The van der Waals surface area contributed by atoms with Crippen LogP contribution in [0.15, 0.2) is 42.0 Å². The van der Waals surface area contributed by atoms with Gasteiger partial charge in [-0.05, 0) is 38.2 Å². The summed E-state index contributed by atoms with van der Waals surface area (Å²) in [6.07, 6.45) is 3.56. The van der Waals surface area contributed by atoms with Gasteiger partial charge in [-0.1, -0.05) is 42.8 Å². The minimum atomic E-state index is -0.234. The van der Waals surface area contributed by atoms with Crippen molar-refractivity contribution in [2.75, 3.05) is 6.61 Å². The third-order valence-electron chi connectivity index (χ3n) is 2.75. The summed E-state index contributed by atoms with van der Waals surface area (Å²) < 4.78 is 4.90. The first kappa shape index (κ1) is 14.5. The highest BCUT2D eigenvalue weighted by Crippen LogP contribution is 2.16. The maximum Gasteiger partial charge on any atom is 0.330 e. The number of ether oxygens (including phenoxy) is 1. The van der Waals surface area contributed by atoms with E-state index >= 15 is 0 Å². The Balaban J connectivity index is 2.44. The van der Waals surface area contributed by atoms with Crippen LogP contribution in [0.4, 0.5) is 0 Å². The molecular weight excluding hydrogens is 224 g/mol. The van der Waals surface area contributed by atoms with Crippen LogP contribution in [0.1, 0.15) is 32.8 Å². The number of rotatable bonds is 6. The average molecular weight is 246 g/mol. The number of esters is 1. The van der Waals surface area contributed by atoms with Crippen LogP contribution >= 0.6 is 0 Å². The Morgan fingerprint density at radius 3 is 2.61 bits per heavy atom. The zero-order valence-electron chi connectivity index (χ0n) is 11.5. The van der Waals surface area contributed by atoms with Crippen molar-refractivity contribution in [3.8, 4) is 0 Å². The molecule has 1 aromatic carbocycles. The van der Waals surface area contributed by atoms with Gasteiger partial charge in [-0.2, -0.15) is 0 Å². The van der Waals surface area contributed by atoms with E-state index in [0.717, 1.165) is 18.4 Å². The summed E-state index contributed by atoms with van der Waals surface area (Å²) in [5.41, 5.74) is 2.42. The second-order valence-electron chi connectivity index (χ2n) is 4.74. The first-order valence-corrected chi connectivity index (χ1v) is 6.49. The van der Waals surface area contributed by atoms with Gasteiger partial charge in [0.1, 0.15) is 0 Å². The number of carbonyl (C=O) groups is 1. The highest BCUT2D eigenvalue weighted by Gasteiger charge is 2.06. The Morgan fingerprint density at radius 2 is 2.00 bits per heavy atom. The van der Waals surface area contributed by atoms with E-state index in [1.807, 2.05) is 19.9 Å². The lowest BCUT2D eigenvalue weighted by Gasteiger charge is -2.11. The normalized spacial score (nSPS) is 13.2. The largest absolute Gasteiger partial charge is 0.463 e. The third-order valence-corrected chi connectivity index (χ3v) is 2.75. The predicted octanol–water partition coefficient (Wildman–Crippen LogP) is 3.76. The molecule has 1 aromatic rings. The van der Waals surface area contributed by atoms with E-state index < -0.39 is 0 Å². The van der Waals surface area contributed by atoms with E-state index in [0.29, 0.717) is 12.5 Å². The van der Waals surface area contributed by atoms with Crippen LogP contribution in [0.25, 0.3) is 0 Å². The van der Waals surface area contributed by atoms with E-state index in [9.17, 15) is 4.79 Å². The minimum absolute atomic E-state index is 0.234. The lowest BCUT2D eigenvalue weighted by molar-refractivity contribution is -0.137. The van der Waals surface area contributed by atoms with Crippen LogP contribution in [0.3, 0.4) is 0 Å². The molecule has 2 heteroatoms. The van der Waals surface area contributed by atoms with Crippen LogP contribution in [-0.4, -0.2) is 12.6 Å². The van der Waals surface area contributed by atoms with Crippen LogP contribution in [-0.2, 0) is 16.0 Å². The summed E-state index contributed by atoms with van der Waals surface area (Å²) in [4.78, 5) is 11.3. The molecule has 0 heterocycles. The molecule has 0 bridgehead atoms. The lowest BCUT2D eigenvalue weighted by Crippen LogP contribution is -2.04. The van der Waals surface area contributed by atoms with E-state index in [1.165, 1.54) is 5.56 Å². The fourth-order valence-electron chi connectivity index (χ4n) is 2.08. The van der Waals surface area contributed by atoms with Gasteiger partial charge in [0.15, 0.2) is 0 Å². The van der Waals surface area contributed by atoms with E-state index in [2.05, 4.69) is 31.2 Å². The molecule has 0 aliphatic rings. The molecule has 0 N–H and O–H groups in total. The topological polar surface area (TPSA) is 26.3 Å². The van der Waals surface area contributed by atoms with Crippen molar-refractivity contribution in [3.05, 3.63) is 47.5 Å². The van der Waals surface area contributed by atoms with Gasteiger partial charge in [0.2, 0.25) is 0 Å². The summed E-state index contributed by atoms with van der Waals surface area (Å²) in [5.74, 6) is 0.292. The van der Waals surface area contributed by atoms with Gasteiger partial charge < -0.3 is 4.74 Å². The van der Waals surface area contributed by atoms with Crippen molar-refractivity contribution in [2.45, 2.75) is 33.6 Å². The Bertz CT molecular complexity index is 393. The van der Waals surface area contributed by atoms with E-state index in [1.54, 1.807) is 6.08 Å². The highest BCUT2D eigenvalue weighted by atomic mass is 16.5. The molecular formula is C16H22O2. The molecule has 98 valence electrons. The van der Waals surface area contributed by atoms with Gasteiger partial charge in [-0.25, -0.2) is 4.79 Å². The van der Waals surface area contributed by atoms with Crippen molar-refractivity contribution in [2.24, 2.45) is 5.92 Å². The average Bonchev–Trinajstić information content (AvgIpc) is 2.29. The fourth-order valence-corrected chi connectivity index (χ4v) is 2.08. The first-order valence-electron chi connectivity index (χ1n) is 6.49. The number of hydrogen-bond donors (Lipinski definition) is 0. The number of hydrogen-bond acceptors (Lipinski definition) is 2. The zero-order valence-corrected chi connectivity index (χ0v) is 11.5. The van der Waals surface area contributed by atoms with Crippen LogP contribution in [0.2, 0.25) is 0 Å². The zero-order chi connectivity index (χ0) is 13.4. The van der Waals surface area contributed by atoms with Crippen molar-refractivity contribution in [1.29, 1.82) is 0 Å². The van der Waals surface area contributed by atoms with Gasteiger partial charge in [0.25, 0.3) is 0 Å². The number of allylic oxidation sites excluding steroid dienone is 1. The molecule has 0 radical (unpaired) electrons. The molecule has 0 spiro atoms. The molecule has 0 aliphatic heterocycles. The maximum absolute atomic E-state index is 11.3. The monoisotopic (exact) mass is 246 g/mol. The second-order valence-corrected chi connectivity index (χ2v) is 4.74. The number of carbonyl (C=O) groups excluding carboxylic acids is 1. The van der Waals surface area contributed by atoms with E-state index in [-0.39, 0.29) is 5.97 Å². The standard InChI is InChI=1S/C16H22O2/c1-4-18-16(17)12-14(3)10-13(2)11-15-8-6-5-7-9-15/h5-9,12-13H,4,10-11H2,1-3H3/b14-12-. The van der Waals surface area contributed by atoms with Crippen LogP contribution in [0.5, 0.6) is 0 Å². The first-order chi connectivity index (χ1) is 8.61. The van der Waals surface area contributed by atoms with Crippen LogP contribution in [0, 0.1) is 5.92 Å². The molecule has 0 fully saturated rings. The highest BCUT2D eigenvalue weighted by molar-refractivity contribution is 5.82. The molecule has 1 atom stereocenters. The summed E-state index contributed by atoms with van der Waals surface area (Å²) in [7, 11) is 0.